The number of unbranched alkanes of at least 4 members (excludes halogenated alkanes) is 3. The molecule has 0 radical (unpaired) electrons. The number of aliphatic hydroxyl groups is 5. The van der Waals surface area contributed by atoms with Gasteiger partial charge in [0.05, 0.1) is 30.9 Å². The van der Waals surface area contributed by atoms with E-state index in [4.69, 9.17) is 0 Å². The second-order valence-corrected chi connectivity index (χ2v) is 8.33. The average molecular weight is 403 g/mol. The van der Waals surface area contributed by atoms with Crippen molar-refractivity contribution in [3.05, 3.63) is 0 Å². The zero-order chi connectivity index (χ0) is 20.7. The van der Waals surface area contributed by atoms with Crippen molar-refractivity contribution >= 4 is 5.91 Å². The molecule has 2 aliphatic heterocycles. The molecule has 8 heteroatoms. The molecular formula is C20H38N2O6. The standard InChI is InChI=1S/C20H38N2O6/c1-13(24)22-15(19(27)20(28)16(22)12-23)9-4-2-3-5-10-17(25)18(26)14-8-6-7-11-21-14/h14-21,23,25-28H,2-12H2,1H3/t14-,15-,16-,17+,18+,19-,20-/m1/s1. The van der Waals surface area contributed by atoms with Gasteiger partial charge in [0.1, 0.15) is 12.2 Å². The van der Waals surface area contributed by atoms with Crippen LogP contribution in [0, 0.1) is 0 Å². The summed E-state index contributed by atoms with van der Waals surface area (Å²) in [5, 5.41) is 53.4. The Hall–Kier alpha value is -0.770. The zero-order valence-corrected chi connectivity index (χ0v) is 16.9. The molecular weight excluding hydrogens is 364 g/mol. The summed E-state index contributed by atoms with van der Waals surface area (Å²) in [5.74, 6) is -0.256. The lowest BCUT2D eigenvalue weighted by Crippen LogP contribution is -2.48. The number of piperidine rings is 1. The summed E-state index contributed by atoms with van der Waals surface area (Å²) in [4.78, 5) is 13.3. The van der Waals surface area contributed by atoms with Gasteiger partial charge in [-0.15, -0.1) is 0 Å². The molecule has 1 amide bonds. The average Bonchev–Trinajstić information content (AvgIpc) is 2.94. The van der Waals surface area contributed by atoms with Crippen molar-refractivity contribution in [2.45, 2.75) is 107 Å². The van der Waals surface area contributed by atoms with E-state index >= 15 is 0 Å². The van der Waals surface area contributed by atoms with Gasteiger partial charge in [0.15, 0.2) is 0 Å². The third kappa shape index (κ3) is 5.87. The van der Waals surface area contributed by atoms with E-state index in [-0.39, 0.29) is 18.6 Å². The molecule has 28 heavy (non-hydrogen) atoms. The topological polar surface area (TPSA) is 133 Å². The first-order chi connectivity index (χ1) is 13.4. The van der Waals surface area contributed by atoms with Crippen LogP contribution >= 0.6 is 0 Å². The Balaban J connectivity index is 1.66. The maximum Gasteiger partial charge on any atom is 0.220 e. The van der Waals surface area contributed by atoms with Crippen molar-refractivity contribution in [2.75, 3.05) is 13.2 Å². The fourth-order valence-corrected chi connectivity index (χ4v) is 4.67. The van der Waals surface area contributed by atoms with Crippen LogP contribution in [-0.2, 0) is 4.79 Å². The lowest BCUT2D eigenvalue weighted by Gasteiger charge is -2.31. The first kappa shape index (κ1) is 23.5. The molecule has 0 bridgehead atoms. The van der Waals surface area contributed by atoms with Crippen molar-refractivity contribution in [1.29, 1.82) is 0 Å². The van der Waals surface area contributed by atoms with E-state index in [0.717, 1.165) is 51.5 Å². The fraction of sp³-hybridized carbons (Fsp3) is 0.950. The molecule has 0 unspecified atom stereocenters. The maximum absolute atomic E-state index is 11.9. The highest BCUT2D eigenvalue weighted by Crippen LogP contribution is 2.29. The van der Waals surface area contributed by atoms with Gasteiger partial charge >= 0.3 is 0 Å². The second kappa shape index (κ2) is 11.4. The van der Waals surface area contributed by atoms with E-state index in [1.807, 2.05) is 0 Å². The van der Waals surface area contributed by atoms with Crippen LogP contribution in [0.2, 0.25) is 0 Å². The van der Waals surface area contributed by atoms with Gasteiger partial charge in [-0.3, -0.25) is 4.79 Å². The SMILES string of the molecule is CC(=O)N1[C@H](CO)[C@@H](O)[C@H](O)[C@H]1CCCCCC[C@H](O)[C@@H](O)[C@H]1CCCCN1. The summed E-state index contributed by atoms with van der Waals surface area (Å²) < 4.78 is 0. The molecule has 8 nitrogen and oxygen atoms in total. The molecule has 7 atom stereocenters. The van der Waals surface area contributed by atoms with Crippen LogP contribution in [0.4, 0.5) is 0 Å². The van der Waals surface area contributed by atoms with Crippen molar-refractivity contribution in [1.82, 2.24) is 10.2 Å². The van der Waals surface area contributed by atoms with Crippen molar-refractivity contribution in [2.24, 2.45) is 0 Å². The highest BCUT2D eigenvalue weighted by Gasteiger charge is 2.47. The molecule has 0 aliphatic carbocycles. The number of rotatable bonds is 10. The lowest BCUT2D eigenvalue weighted by molar-refractivity contribution is -0.134. The van der Waals surface area contributed by atoms with Gasteiger partial charge in [-0.1, -0.05) is 32.1 Å². The van der Waals surface area contributed by atoms with Crippen molar-refractivity contribution in [3.8, 4) is 0 Å². The summed E-state index contributed by atoms with van der Waals surface area (Å²) in [7, 11) is 0. The van der Waals surface area contributed by atoms with Crippen molar-refractivity contribution < 1.29 is 30.3 Å². The third-order valence-electron chi connectivity index (χ3n) is 6.31. The summed E-state index contributed by atoms with van der Waals surface area (Å²) in [5.41, 5.74) is 0. The van der Waals surface area contributed by atoms with Gasteiger partial charge in [-0.05, 0) is 32.2 Å². The summed E-state index contributed by atoms with van der Waals surface area (Å²) in [6.07, 6.45) is 3.94. The molecule has 0 saturated carbocycles. The Kier molecular flexibility index (Phi) is 9.59. The molecule has 0 aromatic rings. The number of aliphatic hydroxyl groups excluding tert-OH is 5. The lowest BCUT2D eigenvalue weighted by atomic mass is 9.93. The number of amides is 1. The minimum Gasteiger partial charge on any atom is -0.394 e. The van der Waals surface area contributed by atoms with Gasteiger partial charge in [-0.25, -0.2) is 0 Å². The molecule has 2 fully saturated rings. The molecule has 6 N–H and O–H groups in total. The summed E-state index contributed by atoms with van der Waals surface area (Å²) >= 11 is 0. The summed E-state index contributed by atoms with van der Waals surface area (Å²) in [6, 6.07) is -1.24. The molecule has 2 rings (SSSR count). The minimum absolute atomic E-state index is 0.0175. The van der Waals surface area contributed by atoms with Crippen LogP contribution in [0.3, 0.4) is 0 Å². The van der Waals surface area contributed by atoms with Gasteiger partial charge in [0.25, 0.3) is 0 Å². The zero-order valence-electron chi connectivity index (χ0n) is 16.9. The number of hydrogen-bond acceptors (Lipinski definition) is 7. The highest BCUT2D eigenvalue weighted by molar-refractivity contribution is 5.74. The highest BCUT2D eigenvalue weighted by atomic mass is 16.3. The van der Waals surface area contributed by atoms with Crippen LogP contribution in [0.5, 0.6) is 0 Å². The molecule has 2 saturated heterocycles. The predicted octanol–water partition coefficient (Wildman–Crippen LogP) is -0.496. The number of likely N-dealkylation sites (tertiary alicyclic amines) is 1. The molecule has 2 aliphatic rings. The van der Waals surface area contributed by atoms with Crippen LogP contribution in [0.25, 0.3) is 0 Å². The first-order valence-electron chi connectivity index (χ1n) is 10.7. The van der Waals surface area contributed by atoms with E-state index in [2.05, 4.69) is 5.32 Å². The molecule has 0 aromatic heterocycles. The monoisotopic (exact) mass is 402 g/mol. The largest absolute Gasteiger partial charge is 0.394 e. The van der Waals surface area contributed by atoms with Crippen LogP contribution < -0.4 is 5.32 Å². The number of nitrogens with zero attached hydrogens (tertiary/aromatic N) is 1. The van der Waals surface area contributed by atoms with Gasteiger partial charge in [0, 0.05) is 13.0 Å². The van der Waals surface area contributed by atoms with Crippen LogP contribution in [-0.4, -0.2) is 92.0 Å². The Morgan fingerprint density at radius 3 is 2.36 bits per heavy atom. The molecule has 0 aromatic carbocycles. The molecule has 164 valence electrons. The molecule has 2 heterocycles. The third-order valence-corrected chi connectivity index (χ3v) is 6.31. The van der Waals surface area contributed by atoms with E-state index in [1.54, 1.807) is 0 Å². The Labute approximate surface area is 167 Å². The smallest absolute Gasteiger partial charge is 0.220 e. The van der Waals surface area contributed by atoms with E-state index in [0.29, 0.717) is 12.8 Å². The second-order valence-electron chi connectivity index (χ2n) is 8.33. The van der Waals surface area contributed by atoms with Gasteiger partial charge in [0.2, 0.25) is 5.91 Å². The summed E-state index contributed by atoms with van der Waals surface area (Å²) in [6.45, 7) is 1.91. The Morgan fingerprint density at radius 2 is 1.75 bits per heavy atom. The van der Waals surface area contributed by atoms with Gasteiger partial charge < -0.3 is 35.7 Å². The normalized spacial score (nSPS) is 33.1. The molecule has 0 spiro atoms. The number of carbonyl (C=O) groups is 1. The van der Waals surface area contributed by atoms with E-state index in [9.17, 15) is 30.3 Å². The Bertz CT molecular complexity index is 474. The number of nitrogens with one attached hydrogen (secondary N) is 1. The van der Waals surface area contributed by atoms with Crippen LogP contribution in [0.15, 0.2) is 0 Å². The minimum atomic E-state index is -1.12. The van der Waals surface area contributed by atoms with Crippen LogP contribution in [0.1, 0.15) is 64.7 Å². The van der Waals surface area contributed by atoms with Crippen molar-refractivity contribution in [3.63, 3.8) is 0 Å². The quantitative estimate of drug-likeness (QED) is 0.272. The fourth-order valence-electron chi connectivity index (χ4n) is 4.67. The Morgan fingerprint density at radius 1 is 1.07 bits per heavy atom. The number of carbonyl (C=O) groups excluding carboxylic acids is 1. The number of hydrogen-bond donors (Lipinski definition) is 6. The first-order valence-corrected chi connectivity index (χ1v) is 10.7. The van der Waals surface area contributed by atoms with Gasteiger partial charge in [-0.2, -0.15) is 0 Å². The predicted molar refractivity (Wildman–Crippen MR) is 105 cm³/mol. The van der Waals surface area contributed by atoms with E-state index < -0.39 is 36.5 Å². The maximum atomic E-state index is 11.9. The van der Waals surface area contributed by atoms with E-state index in [1.165, 1.54) is 11.8 Å².